The lowest BCUT2D eigenvalue weighted by atomic mass is 9.94. The first-order valence-electron chi connectivity index (χ1n) is 37.5. The molecule has 9 aliphatic carbocycles. The van der Waals surface area contributed by atoms with Crippen LogP contribution >= 0.6 is 0 Å². The van der Waals surface area contributed by atoms with Gasteiger partial charge in [0, 0.05) is 88.4 Å². The number of sulfone groups is 2. The summed E-state index contributed by atoms with van der Waals surface area (Å²) in [6.07, 6.45) is 8.07. The second-order valence-corrected chi connectivity index (χ2v) is 40.8. The monoisotopic (exact) mass is 1370 g/mol. The summed E-state index contributed by atoms with van der Waals surface area (Å²) in [5, 5.41) is 2.78. The van der Waals surface area contributed by atoms with Crippen molar-refractivity contribution < 1.29 is 49.6 Å². The fourth-order valence-electron chi connectivity index (χ4n) is 22.1. The number of nitrogens with zero attached hydrogens (tertiary/aromatic N) is 1. The van der Waals surface area contributed by atoms with Crippen molar-refractivity contribution in [1.29, 1.82) is 0 Å². The van der Waals surface area contributed by atoms with E-state index in [0.29, 0.717) is 91.7 Å². The van der Waals surface area contributed by atoms with Crippen molar-refractivity contribution in [2.45, 2.75) is 192 Å². The number of benzene rings is 2. The normalized spacial score (nSPS) is 49.9. The number of carbonyl (C=O) groups is 2. The highest BCUT2D eigenvalue weighted by atomic mass is 32.2. The summed E-state index contributed by atoms with van der Waals surface area (Å²) in [4.78, 5) is 24.1. The minimum atomic E-state index is -2.66. The summed E-state index contributed by atoms with van der Waals surface area (Å²) < 4.78 is 77.4. The fourth-order valence-corrected chi connectivity index (χ4v) is 29.2. The summed E-state index contributed by atoms with van der Waals surface area (Å²) in [6, 6.07) is 17.0. The Morgan fingerprint density at radius 2 is 0.895 bits per heavy atom. The average molecular weight is 1370 g/mol. The molecule has 13 nitrogen and oxygen atoms in total. The van der Waals surface area contributed by atoms with E-state index in [1.54, 1.807) is 0 Å². The molecule has 2 aromatic carbocycles. The van der Waals surface area contributed by atoms with Crippen LogP contribution < -0.4 is 14.8 Å². The number of β-lactam (4-membered cyclic amide) rings is 1. The van der Waals surface area contributed by atoms with Crippen LogP contribution in [0.2, 0.25) is 0 Å². The van der Waals surface area contributed by atoms with E-state index in [9.17, 15) is 30.6 Å². The van der Waals surface area contributed by atoms with Crippen LogP contribution in [0.3, 0.4) is 0 Å². The van der Waals surface area contributed by atoms with Crippen LogP contribution in [0.25, 0.3) is 0 Å². The second kappa shape index (κ2) is 24.6. The van der Waals surface area contributed by atoms with Gasteiger partial charge in [0.2, 0.25) is 11.8 Å². The Kier molecular flexibility index (Phi) is 18.6. The lowest BCUT2D eigenvalue weighted by molar-refractivity contribution is -0.134. The first-order chi connectivity index (χ1) is 44.5. The molecule has 1 N–H and O–H groups in total. The predicted octanol–water partition coefficient (Wildman–Crippen LogP) is 13.5. The van der Waals surface area contributed by atoms with E-state index >= 15 is 0 Å². The topological polar surface area (TPSA) is 172 Å². The Morgan fingerprint density at radius 1 is 0.463 bits per heavy atom. The molecule has 0 radical (unpaired) electrons. The van der Waals surface area contributed by atoms with E-state index in [4.69, 9.17) is 18.9 Å². The molecule has 16 fully saturated rings. The van der Waals surface area contributed by atoms with Gasteiger partial charge in [0.25, 0.3) is 0 Å². The van der Waals surface area contributed by atoms with Crippen LogP contribution in [-0.4, -0.2) is 130 Å². The first-order valence-corrected chi connectivity index (χ1v) is 42.6. The summed E-state index contributed by atoms with van der Waals surface area (Å²) in [7, 11) is -3.74. The highest BCUT2D eigenvalue weighted by Gasteiger charge is 2.71. The summed E-state index contributed by atoms with van der Waals surface area (Å²) in [6.45, 7) is 46.4. The third-order valence-corrected chi connectivity index (χ3v) is 38.5. The molecule has 2 aromatic rings. The highest BCUT2D eigenvalue weighted by Crippen LogP contribution is 2.69. The van der Waals surface area contributed by atoms with E-state index < -0.39 is 30.5 Å². The highest BCUT2D eigenvalue weighted by molar-refractivity contribution is 7.93. The van der Waals surface area contributed by atoms with E-state index in [1.165, 1.54) is 36.8 Å². The third-order valence-electron chi connectivity index (χ3n) is 33.0. The molecular formula is C79H122N2O11S3. The Morgan fingerprint density at radius 3 is 1.11 bits per heavy atom. The third kappa shape index (κ3) is 11.4. The molecule has 9 heterocycles. The van der Waals surface area contributed by atoms with E-state index in [0.717, 1.165) is 153 Å². The first kappa shape index (κ1) is 71.8. The number of para-hydroxylation sites is 2. The maximum absolute atomic E-state index is 11.2. The molecule has 20 rings (SSSR count). The number of likely N-dealkylation sites (tertiary alicyclic amines) is 1. The van der Waals surface area contributed by atoms with Gasteiger partial charge in [-0.2, -0.15) is 0 Å². The minimum absolute atomic E-state index is 0.0972. The smallest absolute Gasteiger partial charge is 0.228 e. The molecule has 16 heteroatoms. The van der Waals surface area contributed by atoms with Crippen LogP contribution in [0.5, 0.6) is 11.5 Å². The molecular weight excluding hydrogens is 1250 g/mol. The zero-order valence-corrected chi connectivity index (χ0v) is 64.1. The number of carbonyl (C=O) groups excluding carboxylic acids is 2. The van der Waals surface area contributed by atoms with Crippen molar-refractivity contribution >= 4 is 42.3 Å². The van der Waals surface area contributed by atoms with Crippen molar-refractivity contribution in [3.63, 3.8) is 0 Å². The molecule has 95 heavy (non-hydrogen) atoms. The summed E-state index contributed by atoms with van der Waals surface area (Å²) >= 11 is 0. The Bertz CT molecular complexity index is 3330. The molecule has 9 saturated carbocycles. The standard InChI is InChI=1S/2C12H14O.C9H15NO.C9H16O.C8H14O2S.C8H14O.C7H11NO.C7H12O2S.C7H12OS/c2*1-8-9(2)12(8)7-13-11-6-4-3-5-10(11)12;1-6-7(2)9(6)5-4-8(11)10(9)3;1-7-8(2)9(7)4-3-5-10-6-9;1-6-7(2)8(6)3-4-11(9,10)5-8;1-6-7(2)8(6)4-3-5-9-8;1-4-5(2)7(4)3-8-6(7)9;1-5-6(2)7(5)3-10(8,9)4-7;1-5-6(2)7(5)3-9(8)4-7/h2*3-6,8-9H,7H2,1-2H3;6-7H,4-5H2,1-3H3;7-8H,3-6H2,1-2H3;6-7H,3-5H2,1-2H3;6-7H,3-5H2,1-2H3;4-5H,3H2,1-2H3,(H,8,9);5-6H,3-4H2,1-2H3;5-6H,3-4H2,1-2H3. The quantitative estimate of drug-likeness (QED) is 0.249. The second-order valence-electron chi connectivity index (χ2n) is 35.1. The van der Waals surface area contributed by atoms with Crippen LogP contribution in [-0.2, 0) is 60.4 Å². The molecule has 9 spiro atoms. The molecule has 7 saturated heterocycles. The average Bonchev–Trinajstić information content (AvgIpc) is 1.54. The van der Waals surface area contributed by atoms with Gasteiger partial charge >= 0.3 is 0 Å². The molecule has 9 aliphatic heterocycles. The van der Waals surface area contributed by atoms with Gasteiger partial charge in [0.1, 0.15) is 11.5 Å². The Labute approximate surface area is 576 Å². The maximum Gasteiger partial charge on any atom is 0.228 e. The number of rotatable bonds is 0. The van der Waals surface area contributed by atoms with Crippen molar-refractivity contribution in [1.82, 2.24) is 10.2 Å². The van der Waals surface area contributed by atoms with Gasteiger partial charge in [-0.1, -0.05) is 161 Å². The Hall–Kier alpha value is -3.05. The Balaban J connectivity index is 0.000000103. The van der Waals surface area contributed by atoms with Gasteiger partial charge in [-0.25, -0.2) is 16.8 Å². The number of hydrogen-bond donors (Lipinski definition) is 1. The number of ether oxygens (including phenoxy) is 4. The number of nitrogens with one attached hydrogen (secondary N) is 1. The molecule has 0 bridgehead atoms. The van der Waals surface area contributed by atoms with Crippen LogP contribution in [0.1, 0.15) is 181 Å². The summed E-state index contributed by atoms with van der Waals surface area (Å²) in [5.74, 6) is 20.3. The molecule has 18 atom stereocenters. The number of fused-ring (bicyclic) bond motifs is 4. The zero-order chi connectivity index (χ0) is 69.1. The number of amides is 2. The molecule has 18 unspecified atom stereocenters. The minimum Gasteiger partial charge on any atom is -0.492 e. The molecule has 532 valence electrons. The lowest BCUT2D eigenvalue weighted by Crippen LogP contribution is -2.52. The summed E-state index contributed by atoms with van der Waals surface area (Å²) in [5.41, 5.74) is 5.98. The largest absolute Gasteiger partial charge is 0.492 e. The number of hydrogen-bond acceptors (Lipinski definition) is 11. The van der Waals surface area contributed by atoms with Crippen molar-refractivity contribution in [3.8, 4) is 11.5 Å². The lowest BCUT2D eigenvalue weighted by Gasteiger charge is -2.27. The van der Waals surface area contributed by atoms with E-state index in [1.807, 2.05) is 11.9 Å². The van der Waals surface area contributed by atoms with Gasteiger partial charge < -0.3 is 29.2 Å². The SMILES string of the molecule is CC1C(C)C12CCC(=O)N2C.CC1C(C)C12CCCO2.CC1C(C)C12CCCOC2.CC1C(C)C12CCS(=O)(=O)C2.CC1C(C)C12CNC2=O.CC1C(C)C12COc1ccccc12.CC1C(C)C12COc1ccccc12.CC1C(C)C12CS(=O)(=O)C2.CC1C(C)C12CS(=O)C2. The van der Waals surface area contributed by atoms with E-state index in [-0.39, 0.29) is 27.7 Å². The van der Waals surface area contributed by atoms with Crippen molar-refractivity contribution in [2.75, 3.05) is 81.1 Å². The van der Waals surface area contributed by atoms with Gasteiger partial charge in [0.05, 0.1) is 53.8 Å². The molecule has 18 aliphatic rings. The van der Waals surface area contributed by atoms with Crippen molar-refractivity contribution in [2.24, 2.45) is 134 Å². The predicted molar refractivity (Wildman–Crippen MR) is 380 cm³/mol. The van der Waals surface area contributed by atoms with Crippen molar-refractivity contribution in [3.05, 3.63) is 59.7 Å². The van der Waals surface area contributed by atoms with Gasteiger partial charge in [-0.05, 0) is 173 Å². The van der Waals surface area contributed by atoms with Gasteiger partial charge in [-0.3, -0.25) is 13.8 Å². The van der Waals surface area contributed by atoms with Gasteiger partial charge in [0.15, 0.2) is 19.7 Å². The van der Waals surface area contributed by atoms with Crippen LogP contribution in [0.4, 0.5) is 0 Å². The molecule has 2 amide bonds. The fraction of sp³-hybridized carbons (Fsp3) is 0.823. The maximum atomic E-state index is 11.2. The van der Waals surface area contributed by atoms with E-state index in [2.05, 4.69) is 178 Å². The zero-order valence-electron chi connectivity index (χ0n) is 61.6. The van der Waals surface area contributed by atoms with Gasteiger partial charge in [-0.15, -0.1) is 0 Å². The van der Waals surface area contributed by atoms with Crippen LogP contribution in [0, 0.1) is 134 Å². The van der Waals surface area contributed by atoms with Crippen LogP contribution in [0.15, 0.2) is 48.5 Å². The molecule has 0 aromatic heterocycles.